The van der Waals surface area contributed by atoms with E-state index >= 15 is 0 Å². The molecule has 210 valence electrons. The second-order valence-electron chi connectivity index (χ2n) is 9.55. The molecule has 0 bridgehead atoms. The highest BCUT2D eigenvalue weighted by Gasteiger charge is 2.47. The molecule has 7 nitrogen and oxygen atoms in total. The van der Waals surface area contributed by atoms with Gasteiger partial charge < -0.3 is 19.3 Å². The summed E-state index contributed by atoms with van der Waals surface area (Å²) in [4.78, 5) is 28.0. The van der Waals surface area contributed by atoms with Crippen LogP contribution in [0.5, 0.6) is 17.2 Å². The first-order valence-electron chi connectivity index (χ1n) is 12.4. The summed E-state index contributed by atoms with van der Waals surface area (Å²) >= 11 is 0. The monoisotopic (exact) mass is 555 g/mol. The minimum Gasteiger partial charge on any atom is -0.507 e. The van der Waals surface area contributed by atoms with Gasteiger partial charge in [-0.2, -0.15) is 0 Å². The zero-order chi connectivity index (χ0) is 29.4. The van der Waals surface area contributed by atoms with Crippen LogP contribution in [0, 0.1) is 6.92 Å². The van der Waals surface area contributed by atoms with E-state index in [-0.39, 0.29) is 22.9 Å². The number of aliphatic hydroxyl groups is 1. The molecule has 1 heterocycles. The number of rotatable bonds is 7. The van der Waals surface area contributed by atoms with Gasteiger partial charge >= 0.3 is 6.36 Å². The number of hydrogen-bond donors (Lipinski definition) is 1. The van der Waals surface area contributed by atoms with E-state index in [2.05, 4.69) is 4.74 Å². The number of Topliss-reactive ketones (excluding diaryl/α,β-unsaturated/α-hetero) is 1. The number of benzene rings is 3. The lowest BCUT2D eigenvalue weighted by Crippen LogP contribution is -2.29. The summed E-state index contributed by atoms with van der Waals surface area (Å²) in [6.07, 6.45) is -4.89. The van der Waals surface area contributed by atoms with E-state index in [0.29, 0.717) is 28.2 Å². The molecule has 0 aliphatic carbocycles. The fourth-order valence-electron chi connectivity index (χ4n) is 4.74. The molecule has 0 spiro atoms. The minimum absolute atomic E-state index is 0.0272. The lowest BCUT2D eigenvalue weighted by molar-refractivity contribution is -0.274. The summed E-state index contributed by atoms with van der Waals surface area (Å²) in [6, 6.07) is 13.6. The molecular formula is C30H28F3NO6. The maximum absolute atomic E-state index is 13.5. The molecule has 1 fully saturated rings. The number of carbonyl (C=O) groups excluding carboxylic acids is 2. The van der Waals surface area contributed by atoms with E-state index in [1.807, 2.05) is 13.8 Å². The van der Waals surface area contributed by atoms with Crippen LogP contribution in [0.4, 0.5) is 18.9 Å². The Morgan fingerprint density at radius 3 is 2.05 bits per heavy atom. The van der Waals surface area contributed by atoms with Crippen LogP contribution >= 0.6 is 0 Å². The Bertz CT molecular complexity index is 1460. The van der Waals surface area contributed by atoms with Crippen molar-refractivity contribution >= 4 is 23.1 Å². The Hall–Kier alpha value is -4.47. The maximum Gasteiger partial charge on any atom is 0.573 e. The first kappa shape index (κ1) is 28.5. The smallest absolute Gasteiger partial charge is 0.507 e. The summed E-state index contributed by atoms with van der Waals surface area (Å²) in [7, 11) is 3.03. The third-order valence-corrected chi connectivity index (χ3v) is 6.68. The molecule has 1 unspecified atom stereocenters. The quantitative estimate of drug-likeness (QED) is 0.199. The van der Waals surface area contributed by atoms with Gasteiger partial charge in [0, 0.05) is 11.3 Å². The molecule has 1 amide bonds. The number of nitrogens with zero attached hydrogens (tertiary/aromatic N) is 1. The number of alkyl halides is 3. The Balaban J connectivity index is 1.91. The molecule has 1 aliphatic rings. The number of aliphatic hydroxyl groups excluding tert-OH is 1. The van der Waals surface area contributed by atoms with Gasteiger partial charge in [-0.1, -0.05) is 26.0 Å². The van der Waals surface area contributed by atoms with Crippen molar-refractivity contribution < 1.29 is 42.1 Å². The number of anilines is 1. The zero-order valence-electron chi connectivity index (χ0n) is 22.5. The SMILES string of the molecule is COc1ccc(C2/C(=C(\O)c3cc(C(C)C)c(OC)cc3C)C(=O)C(=O)N2c2ccc(OC(F)(F)F)cc2)cc1. The van der Waals surface area contributed by atoms with Crippen molar-refractivity contribution in [2.75, 3.05) is 19.1 Å². The van der Waals surface area contributed by atoms with Crippen LogP contribution < -0.4 is 19.1 Å². The fourth-order valence-corrected chi connectivity index (χ4v) is 4.74. The predicted molar refractivity (Wildman–Crippen MR) is 143 cm³/mol. The van der Waals surface area contributed by atoms with Crippen LogP contribution in [0.1, 0.15) is 48.1 Å². The Morgan fingerprint density at radius 2 is 1.52 bits per heavy atom. The molecule has 1 atom stereocenters. The fraction of sp³-hybridized carbons (Fsp3) is 0.267. The van der Waals surface area contributed by atoms with Gasteiger partial charge in [-0.3, -0.25) is 14.5 Å². The molecule has 3 aromatic carbocycles. The topological polar surface area (TPSA) is 85.3 Å². The summed E-state index contributed by atoms with van der Waals surface area (Å²) in [5, 5.41) is 11.6. The van der Waals surface area contributed by atoms with Crippen molar-refractivity contribution in [3.63, 3.8) is 0 Å². The second-order valence-corrected chi connectivity index (χ2v) is 9.55. The number of ether oxygens (including phenoxy) is 3. The van der Waals surface area contributed by atoms with Crippen LogP contribution in [0.3, 0.4) is 0 Å². The van der Waals surface area contributed by atoms with Crippen molar-refractivity contribution in [2.45, 2.75) is 39.1 Å². The van der Waals surface area contributed by atoms with Crippen molar-refractivity contribution in [1.29, 1.82) is 0 Å². The number of amides is 1. The molecule has 0 saturated carbocycles. The minimum atomic E-state index is -4.89. The molecule has 1 aliphatic heterocycles. The third kappa shape index (κ3) is 5.47. The number of methoxy groups -OCH3 is 2. The van der Waals surface area contributed by atoms with E-state index in [1.165, 1.54) is 19.2 Å². The molecule has 3 aromatic rings. The molecule has 40 heavy (non-hydrogen) atoms. The number of carbonyl (C=O) groups is 2. The van der Waals surface area contributed by atoms with Crippen molar-refractivity contribution in [1.82, 2.24) is 0 Å². The van der Waals surface area contributed by atoms with Crippen molar-refractivity contribution in [3.8, 4) is 17.2 Å². The van der Waals surface area contributed by atoms with Crippen LogP contribution in [0.15, 0.2) is 66.2 Å². The van der Waals surface area contributed by atoms with Crippen LogP contribution in [-0.2, 0) is 9.59 Å². The maximum atomic E-state index is 13.5. The number of ketones is 1. The van der Waals surface area contributed by atoms with E-state index in [0.717, 1.165) is 22.6 Å². The number of aryl methyl sites for hydroxylation is 1. The first-order chi connectivity index (χ1) is 18.9. The summed E-state index contributed by atoms with van der Waals surface area (Å²) in [6.45, 7) is 5.67. The van der Waals surface area contributed by atoms with Gasteiger partial charge in [0.05, 0.1) is 25.8 Å². The third-order valence-electron chi connectivity index (χ3n) is 6.68. The average Bonchev–Trinajstić information content (AvgIpc) is 3.17. The molecule has 10 heteroatoms. The summed E-state index contributed by atoms with van der Waals surface area (Å²) < 4.78 is 52.7. The standard InChI is InChI=1S/C30H28F3NO6/c1-16(2)22-15-23(17(3)14-24(22)39-5)27(35)25-26(18-6-10-20(38-4)11-7-18)34(29(37)28(25)36)19-8-12-21(13-9-19)40-30(31,32)33/h6-16,26,35H,1-5H3/b27-25+. The van der Waals surface area contributed by atoms with Gasteiger partial charge in [0.2, 0.25) is 0 Å². The zero-order valence-corrected chi connectivity index (χ0v) is 22.5. The van der Waals surface area contributed by atoms with Gasteiger partial charge in [0.15, 0.2) is 0 Å². The predicted octanol–water partition coefficient (Wildman–Crippen LogP) is 6.66. The average molecular weight is 556 g/mol. The summed E-state index contributed by atoms with van der Waals surface area (Å²) in [5.41, 5.74) is 2.24. The van der Waals surface area contributed by atoms with Crippen LogP contribution in [0.25, 0.3) is 5.76 Å². The highest BCUT2D eigenvalue weighted by atomic mass is 19.4. The molecule has 4 rings (SSSR count). The van der Waals surface area contributed by atoms with E-state index in [1.54, 1.807) is 50.4 Å². The molecule has 0 radical (unpaired) electrons. The Labute approximate surface area is 229 Å². The normalized spacial score (nSPS) is 16.9. The summed E-state index contributed by atoms with van der Waals surface area (Å²) in [5.74, 6) is -1.55. The van der Waals surface area contributed by atoms with Crippen LogP contribution in [-0.4, -0.2) is 37.4 Å². The van der Waals surface area contributed by atoms with Gasteiger partial charge in [0.1, 0.15) is 23.0 Å². The van der Waals surface area contributed by atoms with Gasteiger partial charge in [-0.15, -0.1) is 13.2 Å². The Kier molecular flexibility index (Phi) is 7.81. The number of halogens is 3. The van der Waals surface area contributed by atoms with Gasteiger partial charge in [-0.25, -0.2) is 0 Å². The van der Waals surface area contributed by atoms with Gasteiger partial charge in [-0.05, 0) is 78.1 Å². The lowest BCUT2D eigenvalue weighted by Gasteiger charge is -2.26. The highest BCUT2D eigenvalue weighted by Crippen LogP contribution is 2.44. The molecular weight excluding hydrogens is 527 g/mol. The lowest BCUT2D eigenvalue weighted by atomic mass is 9.91. The second kappa shape index (κ2) is 11.0. The molecule has 1 N–H and O–H groups in total. The molecule has 0 aromatic heterocycles. The largest absolute Gasteiger partial charge is 0.573 e. The molecule has 1 saturated heterocycles. The van der Waals surface area contributed by atoms with E-state index < -0.39 is 29.8 Å². The number of hydrogen-bond acceptors (Lipinski definition) is 6. The van der Waals surface area contributed by atoms with E-state index in [4.69, 9.17) is 9.47 Å². The highest BCUT2D eigenvalue weighted by molar-refractivity contribution is 6.51. The van der Waals surface area contributed by atoms with Crippen molar-refractivity contribution in [3.05, 3.63) is 88.5 Å². The van der Waals surface area contributed by atoms with Crippen LogP contribution in [0.2, 0.25) is 0 Å². The van der Waals surface area contributed by atoms with Crippen molar-refractivity contribution in [2.24, 2.45) is 0 Å². The Morgan fingerprint density at radius 1 is 0.925 bits per heavy atom. The van der Waals surface area contributed by atoms with E-state index in [9.17, 15) is 27.9 Å². The van der Waals surface area contributed by atoms with Gasteiger partial charge in [0.25, 0.3) is 11.7 Å². The first-order valence-corrected chi connectivity index (χ1v) is 12.4.